The predicted octanol–water partition coefficient (Wildman–Crippen LogP) is 2.00. The number of hydrogen-bond acceptors (Lipinski definition) is 3. The standard InChI is InChI=1S/C9H10O2.C4H6O3/c1-2-7-5-3-4-6-8(7)9(10)11;1-3(5)2-4(6)7/h3-6H,2H2,1H3,(H,10,11);2H2,1H3,(H,6,7). The van der Waals surface area contributed by atoms with Crippen LogP contribution in [0.2, 0.25) is 0 Å². The summed E-state index contributed by atoms with van der Waals surface area (Å²) in [4.78, 5) is 30.0. The zero-order valence-electron chi connectivity index (χ0n) is 10.3. The maximum atomic E-state index is 10.6. The van der Waals surface area contributed by atoms with E-state index in [4.69, 9.17) is 10.2 Å². The van der Waals surface area contributed by atoms with Gasteiger partial charge in [-0.3, -0.25) is 9.59 Å². The van der Waals surface area contributed by atoms with Gasteiger partial charge in [-0.25, -0.2) is 4.79 Å². The molecule has 0 saturated carbocycles. The lowest BCUT2D eigenvalue weighted by Crippen LogP contribution is -2.00. The Morgan fingerprint density at radius 1 is 1.11 bits per heavy atom. The third-order valence-electron chi connectivity index (χ3n) is 2.03. The fourth-order valence-corrected chi connectivity index (χ4v) is 1.25. The Bertz CT molecular complexity index is 425. The number of Topliss-reactive ketones (excluding diaryl/α,β-unsaturated/α-hetero) is 1. The number of carbonyl (C=O) groups excluding carboxylic acids is 1. The molecule has 1 rings (SSSR count). The normalized spacial score (nSPS) is 9.00. The third kappa shape index (κ3) is 6.42. The van der Waals surface area contributed by atoms with Crippen molar-refractivity contribution in [2.75, 3.05) is 0 Å². The monoisotopic (exact) mass is 252 g/mol. The molecule has 5 heteroatoms. The second-order valence-electron chi connectivity index (χ2n) is 3.59. The molecule has 1 aromatic rings. The Hall–Kier alpha value is -2.17. The van der Waals surface area contributed by atoms with Crippen molar-refractivity contribution in [1.82, 2.24) is 0 Å². The zero-order valence-corrected chi connectivity index (χ0v) is 10.3. The molecule has 18 heavy (non-hydrogen) atoms. The molecule has 0 aliphatic heterocycles. The fourth-order valence-electron chi connectivity index (χ4n) is 1.25. The number of benzene rings is 1. The molecule has 0 atom stereocenters. The van der Waals surface area contributed by atoms with E-state index in [0.29, 0.717) is 5.56 Å². The van der Waals surface area contributed by atoms with Crippen LogP contribution in [-0.2, 0) is 16.0 Å². The van der Waals surface area contributed by atoms with Crippen molar-refractivity contribution in [1.29, 1.82) is 0 Å². The highest BCUT2D eigenvalue weighted by atomic mass is 16.4. The molecule has 0 radical (unpaired) electrons. The van der Waals surface area contributed by atoms with Crippen molar-refractivity contribution < 1.29 is 24.6 Å². The first-order valence-corrected chi connectivity index (χ1v) is 5.40. The fraction of sp³-hybridized carbons (Fsp3) is 0.308. The summed E-state index contributed by atoms with van der Waals surface area (Å²) < 4.78 is 0. The van der Waals surface area contributed by atoms with Crippen molar-refractivity contribution >= 4 is 17.7 Å². The highest BCUT2D eigenvalue weighted by molar-refractivity contribution is 5.93. The molecule has 0 aliphatic rings. The number of aryl methyl sites for hydroxylation is 1. The van der Waals surface area contributed by atoms with Crippen LogP contribution in [-0.4, -0.2) is 27.9 Å². The van der Waals surface area contributed by atoms with Gasteiger partial charge in [0.2, 0.25) is 0 Å². The van der Waals surface area contributed by atoms with E-state index in [1.54, 1.807) is 12.1 Å². The summed E-state index contributed by atoms with van der Waals surface area (Å²) in [5.74, 6) is -2.22. The van der Waals surface area contributed by atoms with E-state index in [-0.39, 0.29) is 12.2 Å². The number of carboxylic acid groups (broad SMARTS) is 2. The Kier molecular flexibility index (Phi) is 7.04. The summed E-state index contributed by atoms with van der Waals surface area (Å²) in [5, 5.41) is 16.6. The summed E-state index contributed by atoms with van der Waals surface area (Å²) in [6.45, 7) is 3.19. The number of carboxylic acids is 2. The summed E-state index contributed by atoms with van der Waals surface area (Å²) in [6.07, 6.45) is 0.405. The van der Waals surface area contributed by atoms with Gasteiger partial charge in [0.25, 0.3) is 0 Å². The number of ketones is 1. The highest BCUT2D eigenvalue weighted by Crippen LogP contribution is 2.08. The van der Waals surface area contributed by atoms with Gasteiger partial charge in [-0.05, 0) is 25.0 Å². The average molecular weight is 252 g/mol. The van der Waals surface area contributed by atoms with Crippen LogP contribution < -0.4 is 0 Å². The largest absolute Gasteiger partial charge is 0.481 e. The number of hydrogen-bond donors (Lipinski definition) is 2. The van der Waals surface area contributed by atoms with Gasteiger partial charge in [0.15, 0.2) is 0 Å². The highest BCUT2D eigenvalue weighted by Gasteiger charge is 2.05. The van der Waals surface area contributed by atoms with Crippen molar-refractivity contribution in [2.24, 2.45) is 0 Å². The van der Waals surface area contributed by atoms with E-state index in [1.807, 2.05) is 19.1 Å². The van der Waals surface area contributed by atoms with E-state index in [1.165, 1.54) is 6.92 Å². The Morgan fingerprint density at radius 2 is 1.67 bits per heavy atom. The molecule has 0 aliphatic carbocycles. The van der Waals surface area contributed by atoms with Gasteiger partial charge in [0.1, 0.15) is 12.2 Å². The second kappa shape index (κ2) is 8.00. The summed E-state index contributed by atoms with van der Waals surface area (Å²) in [6, 6.07) is 7.05. The molecular formula is C13H16O5. The van der Waals surface area contributed by atoms with Crippen LogP contribution in [0.4, 0.5) is 0 Å². The summed E-state index contributed by atoms with van der Waals surface area (Å²) in [5.41, 5.74) is 1.30. The first-order valence-electron chi connectivity index (χ1n) is 5.40. The number of rotatable bonds is 4. The van der Waals surface area contributed by atoms with Crippen molar-refractivity contribution in [3.05, 3.63) is 35.4 Å². The molecule has 98 valence electrons. The zero-order chi connectivity index (χ0) is 14.1. The number of carbonyl (C=O) groups is 3. The molecule has 0 saturated heterocycles. The minimum absolute atomic E-state index is 0.312. The van der Waals surface area contributed by atoms with Crippen molar-refractivity contribution in [3.8, 4) is 0 Å². The lowest BCUT2D eigenvalue weighted by molar-refractivity contribution is -0.139. The van der Waals surface area contributed by atoms with Crippen molar-refractivity contribution in [3.63, 3.8) is 0 Å². The van der Waals surface area contributed by atoms with Gasteiger partial charge in [-0.15, -0.1) is 0 Å². The Morgan fingerprint density at radius 3 is 1.94 bits per heavy atom. The maximum Gasteiger partial charge on any atom is 0.335 e. The number of aromatic carboxylic acids is 1. The average Bonchev–Trinajstić information content (AvgIpc) is 2.27. The molecule has 0 unspecified atom stereocenters. The molecular weight excluding hydrogens is 236 g/mol. The van der Waals surface area contributed by atoms with E-state index >= 15 is 0 Å². The lowest BCUT2D eigenvalue weighted by Gasteiger charge is -2.00. The molecule has 0 amide bonds. The van der Waals surface area contributed by atoms with E-state index in [2.05, 4.69) is 0 Å². The first kappa shape index (κ1) is 15.8. The predicted molar refractivity (Wildman–Crippen MR) is 65.7 cm³/mol. The molecule has 0 fully saturated rings. The first-order chi connectivity index (χ1) is 8.38. The molecule has 0 spiro atoms. The molecule has 0 bridgehead atoms. The number of aliphatic carboxylic acids is 1. The van der Waals surface area contributed by atoms with Gasteiger partial charge in [-0.2, -0.15) is 0 Å². The van der Waals surface area contributed by atoms with Crippen LogP contribution in [0.3, 0.4) is 0 Å². The van der Waals surface area contributed by atoms with Gasteiger partial charge in [-0.1, -0.05) is 25.1 Å². The summed E-state index contributed by atoms with van der Waals surface area (Å²) in [7, 11) is 0. The molecule has 0 heterocycles. The van der Waals surface area contributed by atoms with Crippen LogP contribution in [0.1, 0.15) is 36.2 Å². The Labute approximate surface area is 105 Å². The molecule has 5 nitrogen and oxygen atoms in total. The molecule has 0 aromatic heterocycles. The smallest absolute Gasteiger partial charge is 0.335 e. The summed E-state index contributed by atoms with van der Waals surface area (Å²) >= 11 is 0. The second-order valence-corrected chi connectivity index (χ2v) is 3.59. The van der Waals surface area contributed by atoms with Gasteiger partial charge < -0.3 is 10.2 Å². The van der Waals surface area contributed by atoms with Gasteiger partial charge in [0.05, 0.1) is 5.56 Å². The van der Waals surface area contributed by atoms with Gasteiger partial charge >= 0.3 is 11.9 Å². The maximum absolute atomic E-state index is 10.6. The lowest BCUT2D eigenvalue weighted by atomic mass is 10.1. The topological polar surface area (TPSA) is 91.7 Å². The minimum atomic E-state index is -1.06. The van der Waals surface area contributed by atoms with Gasteiger partial charge in [0, 0.05) is 0 Å². The van der Waals surface area contributed by atoms with Crippen LogP contribution in [0.5, 0.6) is 0 Å². The van der Waals surface area contributed by atoms with Crippen LogP contribution in [0.15, 0.2) is 24.3 Å². The van der Waals surface area contributed by atoms with E-state index in [0.717, 1.165) is 12.0 Å². The van der Waals surface area contributed by atoms with E-state index in [9.17, 15) is 14.4 Å². The van der Waals surface area contributed by atoms with Crippen LogP contribution in [0, 0.1) is 0 Å². The molecule has 1 aromatic carbocycles. The quantitative estimate of drug-likeness (QED) is 0.799. The van der Waals surface area contributed by atoms with E-state index < -0.39 is 11.9 Å². The van der Waals surface area contributed by atoms with Crippen molar-refractivity contribution in [2.45, 2.75) is 26.7 Å². The minimum Gasteiger partial charge on any atom is -0.481 e. The van der Waals surface area contributed by atoms with Crippen LogP contribution in [0.25, 0.3) is 0 Å². The molecule has 2 N–H and O–H groups in total. The third-order valence-corrected chi connectivity index (χ3v) is 2.03. The SMILES string of the molecule is CC(=O)CC(=O)O.CCc1ccccc1C(=O)O. The van der Waals surface area contributed by atoms with Crippen LogP contribution >= 0.6 is 0 Å². The Balaban J connectivity index is 0.000000360.